The number of aryl methyl sites for hydroxylation is 1. The van der Waals surface area contributed by atoms with Crippen LogP contribution in [0.15, 0.2) is 42.6 Å². The fourth-order valence-corrected chi connectivity index (χ4v) is 2.45. The van der Waals surface area contributed by atoms with Gasteiger partial charge in [-0.25, -0.2) is 13.8 Å². The Labute approximate surface area is 127 Å². The predicted octanol–water partition coefficient (Wildman–Crippen LogP) is 4.39. The molecule has 0 unspecified atom stereocenters. The topological polar surface area (TPSA) is 37.8 Å². The molecule has 112 valence electrons. The molecule has 3 aromatic rings. The SMILES string of the molecule is Cc1nc2cccnc2c(N[C@H](C)c2ccccc2F)c1F. The molecule has 5 heteroatoms. The van der Waals surface area contributed by atoms with E-state index in [2.05, 4.69) is 15.3 Å². The fraction of sp³-hybridized carbons (Fsp3) is 0.176. The Morgan fingerprint density at radius 1 is 1.09 bits per heavy atom. The Balaban J connectivity index is 2.07. The summed E-state index contributed by atoms with van der Waals surface area (Å²) in [7, 11) is 0. The Morgan fingerprint density at radius 3 is 2.64 bits per heavy atom. The lowest BCUT2D eigenvalue weighted by atomic mass is 10.1. The van der Waals surface area contributed by atoms with Gasteiger partial charge >= 0.3 is 0 Å². The molecule has 0 bridgehead atoms. The molecule has 0 spiro atoms. The summed E-state index contributed by atoms with van der Waals surface area (Å²) in [6, 6.07) is 9.56. The molecule has 0 fully saturated rings. The van der Waals surface area contributed by atoms with Gasteiger partial charge in [0, 0.05) is 11.8 Å². The number of halogens is 2. The second-order valence-corrected chi connectivity index (χ2v) is 5.14. The van der Waals surface area contributed by atoms with Gasteiger partial charge in [0.15, 0.2) is 5.82 Å². The lowest BCUT2D eigenvalue weighted by molar-refractivity contribution is 0.594. The Hall–Kier alpha value is -2.56. The second-order valence-electron chi connectivity index (χ2n) is 5.14. The molecule has 0 saturated carbocycles. The van der Waals surface area contributed by atoms with Crippen molar-refractivity contribution in [3.63, 3.8) is 0 Å². The number of aromatic nitrogens is 2. The average molecular weight is 299 g/mol. The summed E-state index contributed by atoms with van der Waals surface area (Å²) in [5, 5.41) is 3.03. The molecule has 2 heterocycles. The van der Waals surface area contributed by atoms with Crippen LogP contribution in [0.1, 0.15) is 24.2 Å². The summed E-state index contributed by atoms with van der Waals surface area (Å²) in [5.74, 6) is -0.791. The van der Waals surface area contributed by atoms with E-state index < -0.39 is 11.9 Å². The summed E-state index contributed by atoms with van der Waals surface area (Å²) in [4.78, 5) is 8.38. The predicted molar refractivity (Wildman–Crippen MR) is 82.7 cm³/mol. The maximum atomic E-state index is 14.4. The number of fused-ring (bicyclic) bond motifs is 1. The van der Waals surface area contributed by atoms with E-state index in [0.29, 0.717) is 16.6 Å². The van der Waals surface area contributed by atoms with E-state index in [1.165, 1.54) is 6.07 Å². The van der Waals surface area contributed by atoms with Crippen LogP contribution in [0.25, 0.3) is 11.0 Å². The van der Waals surface area contributed by atoms with Crippen LogP contribution < -0.4 is 5.32 Å². The molecule has 2 aromatic heterocycles. The molecule has 1 N–H and O–H groups in total. The minimum Gasteiger partial charge on any atom is -0.374 e. The van der Waals surface area contributed by atoms with Crippen molar-refractivity contribution in [2.24, 2.45) is 0 Å². The van der Waals surface area contributed by atoms with Gasteiger partial charge in [0.2, 0.25) is 0 Å². The van der Waals surface area contributed by atoms with Gasteiger partial charge in [0.25, 0.3) is 0 Å². The first-order valence-corrected chi connectivity index (χ1v) is 6.99. The van der Waals surface area contributed by atoms with Gasteiger partial charge in [-0.05, 0) is 32.0 Å². The highest BCUT2D eigenvalue weighted by molar-refractivity contribution is 5.88. The normalized spacial score (nSPS) is 12.4. The summed E-state index contributed by atoms with van der Waals surface area (Å²) in [5.41, 5.74) is 2.04. The van der Waals surface area contributed by atoms with E-state index in [1.54, 1.807) is 50.4 Å². The van der Waals surface area contributed by atoms with E-state index in [4.69, 9.17) is 0 Å². The molecule has 0 aliphatic carbocycles. The van der Waals surface area contributed by atoms with Gasteiger partial charge in [0.1, 0.15) is 17.0 Å². The molecule has 1 atom stereocenters. The van der Waals surface area contributed by atoms with E-state index in [0.717, 1.165) is 0 Å². The van der Waals surface area contributed by atoms with Gasteiger partial charge in [0.05, 0.1) is 17.3 Å². The van der Waals surface area contributed by atoms with Gasteiger partial charge in [-0.2, -0.15) is 0 Å². The standard InChI is InChI=1S/C17H15F2N3/c1-10(12-6-3-4-7-13(12)18)22-17-15(19)11(2)21-14-8-5-9-20-16(14)17/h3-10H,1-2H3,(H,21,22)/t10-/m1/s1. The van der Waals surface area contributed by atoms with Crippen LogP contribution in [0.3, 0.4) is 0 Å². The maximum absolute atomic E-state index is 14.4. The van der Waals surface area contributed by atoms with E-state index in [9.17, 15) is 8.78 Å². The van der Waals surface area contributed by atoms with Crippen molar-refractivity contribution in [1.82, 2.24) is 9.97 Å². The van der Waals surface area contributed by atoms with Gasteiger partial charge in [-0.1, -0.05) is 18.2 Å². The summed E-state index contributed by atoms with van der Waals surface area (Å²) in [6.45, 7) is 3.38. The Bertz CT molecular complexity index is 833. The van der Waals surface area contributed by atoms with Crippen molar-refractivity contribution >= 4 is 16.7 Å². The molecule has 0 aliphatic heterocycles. The summed E-state index contributed by atoms with van der Waals surface area (Å²) < 4.78 is 28.3. The molecular weight excluding hydrogens is 284 g/mol. The molecular formula is C17H15F2N3. The quantitative estimate of drug-likeness (QED) is 0.779. The van der Waals surface area contributed by atoms with E-state index >= 15 is 0 Å². The molecule has 1 aromatic carbocycles. The number of rotatable bonds is 3. The molecule has 0 amide bonds. The molecule has 3 nitrogen and oxygen atoms in total. The maximum Gasteiger partial charge on any atom is 0.169 e. The van der Waals surface area contributed by atoms with Gasteiger partial charge in [-0.15, -0.1) is 0 Å². The third-order valence-electron chi connectivity index (χ3n) is 3.58. The number of nitrogens with zero attached hydrogens (tertiary/aromatic N) is 2. The number of pyridine rings is 2. The van der Waals surface area contributed by atoms with Crippen molar-refractivity contribution in [1.29, 1.82) is 0 Å². The first kappa shape index (κ1) is 14.4. The number of hydrogen-bond donors (Lipinski definition) is 1. The fourth-order valence-electron chi connectivity index (χ4n) is 2.45. The van der Waals surface area contributed by atoms with Crippen molar-refractivity contribution < 1.29 is 8.78 Å². The third-order valence-corrected chi connectivity index (χ3v) is 3.58. The molecule has 0 aliphatic rings. The average Bonchev–Trinajstić information content (AvgIpc) is 2.52. The zero-order valence-electron chi connectivity index (χ0n) is 12.3. The van der Waals surface area contributed by atoms with Crippen LogP contribution in [0.5, 0.6) is 0 Å². The highest BCUT2D eigenvalue weighted by Crippen LogP contribution is 2.29. The van der Waals surface area contributed by atoms with Crippen molar-refractivity contribution in [2.75, 3.05) is 5.32 Å². The smallest absolute Gasteiger partial charge is 0.169 e. The van der Waals surface area contributed by atoms with Crippen LogP contribution >= 0.6 is 0 Å². The number of hydrogen-bond acceptors (Lipinski definition) is 3. The highest BCUT2D eigenvalue weighted by Gasteiger charge is 2.17. The van der Waals surface area contributed by atoms with Crippen molar-refractivity contribution in [3.05, 3.63) is 65.5 Å². The minimum absolute atomic E-state index is 0.249. The van der Waals surface area contributed by atoms with Gasteiger partial charge in [-0.3, -0.25) is 4.98 Å². The Kier molecular flexibility index (Phi) is 3.71. The van der Waals surface area contributed by atoms with Crippen LogP contribution in [0.4, 0.5) is 14.5 Å². The lowest BCUT2D eigenvalue weighted by Crippen LogP contribution is -2.11. The van der Waals surface area contributed by atoms with E-state index in [1.807, 2.05) is 0 Å². The largest absolute Gasteiger partial charge is 0.374 e. The van der Waals surface area contributed by atoms with E-state index in [-0.39, 0.29) is 17.2 Å². The van der Waals surface area contributed by atoms with Crippen molar-refractivity contribution in [3.8, 4) is 0 Å². The monoisotopic (exact) mass is 299 g/mol. The van der Waals surface area contributed by atoms with Crippen LogP contribution in [0.2, 0.25) is 0 Å². The van der Waals surface area contributed by atoms with Crippen LogP contribution in [-0.2, 0) is 0 Å². The number of benzene rings is 1. The lowest BCUT2D eigenvalue weighted by Gasteiger charge is -2.18. The summed E-state index contributed by atoms with van der Waals surface area (Å²) in [6.07, 6.45) is 1.58. The first-order valence-electron chi connectivity index (χ1n) is 6.99. The second kappa shape index (κ2) is 5.67. The Morgan fingerprint density at radius 2 is 1.86 bits per heavy atom. The first-order chi connectivity index (χ1) is 10.6. The number of nitrogens with one attached hydrogen (secondary N) is 1. The van der Waals surface area contributed by atoms with Crippen molar-refractivity contribution in [2.45, 2.75) is 19.9 Å². The zero-order chi connectivity index (χ0) is 15.7. The van der Waals surface area contributed by atoms with Crippen LogP contribution in [-0.4, -0.2) is 9.97 Å². The number of anilines is 1. The minimum atomic E-state index is -0.464. The highest BCUT2D eigenvalue weighted by atomic mass is 19.1. The third kappa shape index (κ3) is 2.50. The van der Waals surface area contributed by atoms with Crippen LogP contribution in [0, 0.1) is 18.6 Å². The zero-order valence-corrected chi connectivity index (χ0v) is 12.3. The molecule has 22 heavy (non-hydrogen) atoms. The molecule has 3 rings (SSSR count). The summed E-state index contributed by atoms with van der Waals surface area (Å²) >= 11 is 0. The van der Waals surface area contributed by atoms with Gasteiger partial charge < -0.3 is 5.32 Å². The molecule has 0 saturated heterocycles. The molecule has 0 radical (unpaired) electrons.